The Morgan fingerprint density at radius 1 is 1.16 bits per heavy atom. The minimum atomic E-state index is -0.546. The Morgan fingerprint density at radius 2 is 1.97 bits per heavy atom. The minimum absolute atomic E-state index is 0.218. The van der Waals surface area contributed by atoms with E-state index in [9.17, 15) is 14.4 Å². The molecule has 0 fully saturated rings. The van der Waals surface area contributed by atoms with Crippen LogP contribution in [-0.2, 0) is 11.3 Å². The highest BCUT2D eigenvalue weighted by atomic mass is 16.5. The first-order chi connectivity index (χ1) is 14.9. The van der Waals surface area contributed by atoms with E-state index in [-0.39, 0.29) is 19.1 Å². The lowest BCUT2D eigenvalue weighted by Gasteiger charge is -2.10. The molecular weight excluding hydrogens is 400 g/mol. The Kier molecular flexibility index (Phi) is 7.09. The number of amides is 2. The maximum Gasteiger partial charge on any atom is 0.420 e. The summed E-state index contributed by atoms with van der Waals surface area (Å²) in [4.78, 5) is 38.5. The fraction of sp³-hybridized carbons (Fsp3) is 0.318. The molecule has 0 radical (unpaired) electrons. The van der Waals surface area contributed by atoms with Crippen molar-refractivity contribution in [1.82, 2.24) is 14.8 Å². The zero-order chi connectivity index (χ0) is 22.4. The third-order valence-corrected chi connectivity index (χ3v) is 4.56. The summed E-state index contributed by atoms with van der Waals surface area (Å²) >= 11 is 0. The van der Waals surface area contributed by atoms with Crippen molar-refractivity contribution in [2.24, 2.45) is 0 Å². The maximum absolute atomic E-state index is 12.4. The molecule has 0 saturated heterocycles. The van der Waals surface area contributed by atoms with Gasteiger partial charge in [0.25, 0.3) is 5.91 Å². The molecule has 0 atom stereocenters. The molecule has 0 saturated carbocycles. The Balaban J connectivity index is 1.82. The summed E-state index contributed by atoms with van der Waals surface area (Å²) in [5.41, 5.74) is 2.70. The number of nitrogens with zero attached hydrogens (tertiary/aromatic N) is 2. The summed E-state index contributed by atoms with van der Waals surface area (Å²) in [5, 5.41) is 5.49. The molecule has 2 N–H and O–H groups in total. The van der Waals surface area contributed by atoms with Gasteiger partial charge in [-0.2, -0.15) is 0 Å². The number of hydrogen-bond donors (Lipinski definition) is 2. The van der Waals surface area contributed by atoms with Crippen LogP contribution in [0.5, 0.6) is 0 Å². The number of fused-ring (bicyclic) bond motifs is 1. The van der Waals surface area contributed by atoms with Gasteiger partial charge in [0.2, 0.25) is 0 Å². The van der Waals surface area contributed by atoms with Crippen LogP contribution in [-0.4, -0.2) is 55.3 Å². The van der Waals surface area contributed by atoms with Crippen LogP contribution >= 0.6 is 0 Å². The van der Waals surface area contributed by atoms with Crippen molar-refractivity contribution >= 4 is 28.8 Å². The van der Waals surface area contributed by atoms with E-state index in [1.807, 2.05) is 25.1 Å². The standard InChI is InChI=1S/C22H26N4O5/c1-4-30-21(28)24-17-7-5-6-15(12-17)14-26-18-13-16(8-9-19(18)31-22(26)29)20(27)23-10-11-25(2)3/h5-9,12-13H,4,10-11,14H2,1-3H3,(H,23,27)(H,24,28). The van der Waals surface area contributed by atoms with Gasteiger partial charge in [-0.1, -0.05) is 12.1 Å². The smallest absolute Gasteiger partial charge is 0.420 e. The van der Waals surface area contributed by atoms with Crippen LogP contribution in [0.1, 0.15) is 22.8 Å². The van der Waals surface area contributed by atoms with E-state index in [1.165, 1.54) is 4.57 Å². The highest BCUT2D eigenvalue weighted by Gasteiger charge is 2.14. The van der Waals surface area contributed by atoms with Gasteiger partial charge in [-0.3, -0.25) is 14.7 Å². The number of carbonyl (C=O) groups excluding carboxylic acids is 2. The third kappa shape index (κ3) is 5.73. The molecule has 0 aliphatic carbocycles. The molecule has 2 amide bonds. The molecule has 164 valence electrons. The second-order valence-electron chi connectivity index (χ2n) is 7.24. The topological polar surface area (TPSA) is 106 Å². The lowest BCUT2D eigenvalue weighted by atomic mass is 10.1. The molecule has 3 rings (SSSR count). The number of anilines is 1. The average Bonchev–Trinajstić information content (AvgIpc) is 3.02. The SMILES string of the molecule is CCOC(=O)Nc1cccc(Cn2c(=O)oc3ccc(C(=O)NCCN(C)C)cc32)c1. The van der Waals surface area contributed by atoms with Crippen LogP contribution in [0.15, 0.2) is 51.7 Å². The molecule has 1 aromatic heterocycles. The molecule has 0 aliphatic heterocycles. The molecule has 0 unspecified atom stereocenters. The second kappa shape index (κ2) is 9.94. The molecule has 31 heavy (non-hydrogen) atoms. The van der Waals surface area contributed by atoms with E-state index in [0.717, 1.165) is 12.1 Å². The van der Waals surface area contributed by atoms with Crippen molar-refractivity contribution < 1.29 is 18.7 Å². The van der Waals surface area contributed by atoms with Crippen molar-refractivity contribution in [3.8, 4) is 0 Å². The number of aromatic nitrogens is 1. The van der Waals surface area contributed by atoms with Crippen molar-refractivity contribution in [1.29, 1.82) is 0 Å². The Labute approximate surface area is 179 Å². The molecule has 9 heteroatoms. The van der Waals surface area contributed by atoms with E-state index >= 15 is 0 Å². The number of rotatable bonds is 8. The monoisotopic (exact) mass is 426 g/mol. The Bertz CT molecular complexity index is 1130. The summed E-state index contributed by atoms with van der Waals surface area (Å²) in [7, 11) is 3.86. The van der Waals surface area contributed by atoms with E-state index < -0.39 is 11.8 Å². The lowest BCUT2D eigenvalue weighted by molar-refractivity contribution is 0.0951. The largest absolute Gasteiger partial charge is 0.450 e. The number of likely N-dealkylation sites (N-methyl/N-ethyl adjacent to an activating group) is 1. The number of ether oxygens (including phenoxy) is 1. The summed E-state index contributed by atoms with van der Waals surface area (Å²) in [6.07, 6.45) is -0.546. The summed E-state index contributed by atoms with van der Waals surface area (Å²) in [6, 6.07) is 12.0. The van der Waals surface area contributed by atoms with Gasteiger partial charge >= 0.3 is 11.8 Å². The highest BCUT2D eigenvalue weighted by Crippen LogP contribution is 2.18. The van der Waals surface area contributed by atoms with Crippen molar-refractivity contribution in [2.45, 2.75) is 13.5 Å². The number of benzene rings is 2. The Hall–Kier alpha value is -3.59. The van der Waals surface area contributed by atoms with Gasteiger partial charge < -0.3 is 19.4 Å². The predicted octanol–water partition coefficient (Wildman–Crippen LogP) is 2.50. The van der Waals surface area contributed by atoms with Gasteiger partial charge in [-0.05, 0) is 56.9 Å². The van der Waals surface area contributed by atoms with Gasteiger partial charge in [0.1, 0.15) is 0 Å². The Morgan fingerprint density at radius 3 is 2.71 bits per heavy atom. The first-order valence-corrected chi connectivity index (χ1v) is 9.96. The van der Waals surface area contributed by atoms with Crippen LogP contribution in [0.3, 0.4) is 0 Å². The molecule has 3 aromatic rings. The van der Waals surface area contributed by atoms with Crippen LogP contribution in [0.4, 0.5) is 10.5 Å². The van der Waals surface area contributed by atoms with E-state index in [0.29, 0.717) is 28.9 Å². The van der Waals surface area contributed by atoms with Crippen LogP contribution in [0, 0.1) is 0 Å². The van der Waals surface area contributed by atoms with E-state index in [4.69, 9.17) is 9.15 Å². The maximum atomic E-state index is 12.4. The lowest BCUT2D eigenvalue weighted by Crippen LogP contribution is -2.31. The fourth-order valence-corrected chi connectivity index (χ4v) is 3.06. The number of carbonyl (C=O) groups is 2. The first kappa shape index (κ1) is 22.1. The molecule has 0 spiro atoms. The van der Waals surface area contributed by atoms with Crippen molar-refractivity contribution in [3.63, 3.8) is 0 Å². The number of nitrogens with one attached hydrogen (secondary N) is 2. The molecule has 1 heterocycles. The van der Waals surface area contributed by atoms with E-state index in [2.05, 4.69) is 10.6 Å². The van der Waals surface area contributed by atoms with Gasteiger partial charge in [0, 0.05) is 24.3 Å². The van der Waals surface area contributed by atoms with Crippen LogP contribution in [0.25, 0.3) is 11.1 Å². The van der Waals surface area contributed by atoms with Gasteiger partial charge in [-0.15, -0.1) is 0 Å². The van der Waals surface area contributed by atoms with Gasteiger partial charge in [0.15, 0.2) is 5.58 Å². The van der Waals surface area contributed by atoms with Gasteiger partial charge in [0.05, 0.1) is 18.7 Å². The normalized spacial score (nSPS) is 11.0. The fourth-order valence-electron chi connectivity index (χ4n) is 3.06. The van der Waals surface area contributed by atoms with Crippen molar-refractivity contribution in [3.05, 3.63) is 64.1 Å². The van der Waals surface area contributed by atoms with Crippen LogP contribution in [0.2, 0.25) is 0 Å². The van der Waals surface area contributed by atoms with Crippen molar-refractivity contribution in [2.75, 3.05) is 39.1 Å². The quantitative estimate of drug-likeness (QED) is 0.573. The summed E-state index contributed by atoms with van der Waals surface area (Å²) < 4.78 is 11.7. The molecule has 0 bridgehead atoms. The molecule has 2 aromatic carbocycles. The molecule has 0 aliphatic rings. The average molecular weight is 426 g/mol. The van der Waals surface area contributed by atoms with Gasteiger partial charge in [-0.25, -0.2) is 9.59 Å². The molecular formula is C22H26N4O5. The second-order valence-corrected chi connectivity index (χ2v) is 7.24. The zero-order valence-electron chi connectivity index (χ0n) is 17.8. The predicted molar refractivity (Wildman–Crippen MR) is 118 cm³/mol. The summed E-state index contributed by atoms with van der Waals surface area (Å²) in [6.45, 7) is 3.45. The third-order valence-electron chi connectivity index (χ3n) is 4.56. The minimum Gasteiger partial charge on any atom is -0.450 e. The number of hydrogen-bond acceptors (Lipinski definition) is 6. The zero-order valence-corrected chi connectivity index (χ0v) is 17.8. The molecule has 9 nitrogen and oxygen atoms in total. The van der Waals surface area contributed by atoms with E-state index in [1.54, 1.807) is 43.3 Å². The first-order valence-electron chi connectivity index (χ1n) is 9.96. The van der Waals surface area contributed by atoms with Crippen LogP contribution < -0.4 is 16.4 Å². The number of oxazole rings is 1. The highest BCUT2D eigenvalue weighted by molar-refractivity contribution is 5.97. The summed E-state index contributed by atoms with van der Waals surface area (Å²) in [5.74, 6) is -0.742.